The lowest BCUT2D eigenvalue weighted by atomic mass is 9.48. The minimum absolute atomic E-state index is 0.0475. The highest BCUT2D eigenvalue weighted by atomic mass is 16.1. The molecule has 4 saturated carbocycles. The number of aryl methyl sites for hydroxylation is 1. The number of hydrogen-bond donors (Lipinski definition) is 1. The highest BCUT2D eigenvalue weighted by Crippen LogP contribution is 2.61. The lowest BCUT2D eigenvalue weighted by molar-refractivity contribution is -0.0688. The third-order valence-electron chi connectivity index (χ3n) is 6.36. The van der Waals surface area contributed by atoms with Crippen LogP contribution in [-0.4, -0.2) is 21.9 Å². The van der Waals surface area contributed by atoms with E-state index in [9.17, 15) is 4.79 Å². The Morgan fingerprint density at radius 3 is 2.36 bits per heavy atom. The number of carbonyl (C=O) groups is 1. The quantitative estimate of drug-likeness (QED) is 0.933. The van der Waals surface area contributed by atoms with Gasteiger partial charge in [0.25, 0.3) is 5.91 Å². The number of nitrogens with zero attached hydrogens (tertiary/aromatic N) is 2. The monoisotopic (exact) mass is 299 g/mol. The second-order valence-electron chi connectivity index (χ2n) is 7.96. The van der Waals surface area contributed by atoms with Crippen LogP contribution < -0.4 is 5.32 Å². The van der Waals surface area contributed by atoms with Gasteiger partial charge in [0.05, 0.1) is 0 Å². The lowest BCUT2D eigenvalue weighted by Gasteiger charge is -2.59. The van der Waals surface area contributed by atoms with Crippen molar-refractivity contribution in [3.05, 3.63) is 23.8 Å². The maximum absolute atomic E-state index is 12.5. The smallest absolute Gasteiger partial charge is 0.270 e. The van der Waals surface area contributed by atoms with Gasteiger partial charge in [-0.15, -0.1) is 0 Å². The SMILES string of the molecule is Cc1nccc(C(=O)N[C@@H](C)C23CC4CC(CC(C4)C2)C3)n1. The third kappa shape index (κ3) is 2.33. The normalized spacial score (nSPS) is 37.1. The van der Waals surface area contributed by atoms with Crippen molar-refractivity contribution in [3.63, 3.8) is 0 Å². The Balaban J connectivity index is 1.50. The number of amides is 1. The third-order valence-corrected chi connectivity index (χ3v) is 6.36. The summed E-state index contributed by atoms with van der Waals surface area (Å²) in [6.07, 6.45) is 9.89. The van der Waals surface area contributed by atoms with Gasteiger partial charge >= 0.3 is 0 Å². The summed E-state index contributed by atoms with van der Waals surface area (Å²) in [5.41, 5.74) is 0.830. The molecule has 1 amide bonds. The summed E-state index contributed by atoms with van der Waals surface area (Å²) < 4.78 is 0. The molecule has 4 aliphatic rings. The molecular weight excluding hydrogens is 274 g/mol. The molecule has 0 radical (unpaired) electrons. The molecule has 118 valence electrons. The van der Waals surface area contributed by atoms with E-state index in [4.69, 9.17) is 0 Å². The number of carbonyl (C=O) groups excluding carboxylic acids is 1. The van der Waals surface area contributed by atoms with Gasteiger partial charge in [0.1, 0.15) is 11.5 Å². The van der Waals surface area contributed by atoms with Crippen LogP contribution in [0.1, 0.15) is 61.8 Å². The Morgan fingerprint density at radius 2 is 1.82 bits per heavy atom. The molecule has 0 unspecified atom stereocenters. The van der Waals surface area contributed by atoms with Gasteiger partial charge in [0, 0.05) is 12.2 Å². The first-order valence-electron chi connectivity index (χ1n) is 8.64. The summed E-state index contributed by atoms with van der Waals surface area (Å²) in [4.78, 5) is 20.8. The summed E-state index contributed by atoms with van der Waals surface area (Å²) >= 11 is 0. The molecule has 22 heavy (non-hydrogen) atoms. The molecule has 4 fully saturated rings. The first-order chi connectivity index (χ1) is 10.5. The van der Waals surface area contributed by atoms with Gasteiger partial charge in [0.15, 0.2) is 0 Å². The minimum Gasteiger partial charge on any atom is -0.348 e. The Hall–Kier alpha value is -1.45. The molecule has 0 saturated heterocycles. The van der Waals surface area contributed by atoms with E-state index in [2.05, 4.69) is 22.2 Å². The fraction of sp³-hybridized carbons (Fsp3) is 0.722. The van der Waals surface area contributed by atoms with E-state index >= 15 is 0 Å². The molecule has 0 aliphatic heterocycles. The van der Waals surface area contributed by atoms with Crippen LogP contribution in [0.2, 0.25) is 0 Å². The molecular formula is C18H25N3O. The Bertz CT molecular complexity index is 562. The van der Waals surface area contributed by atoms with E-state index in [1.54, 1.807) is 12.3 Å². The van der Waals surface area contributed by atoms with Crippen molar-refractivity contribution in [3.8, 4) is 0 Å². The average Bonchev–Trinajstić information content (AvgIpc) is 2.45. The molecule has 4 nitrogen and oxygen atoms in total. The molecule has 1 aromatic heterocycles. The van der Waals surface area contributed by atoms with Gasteiger partial charge in [-0.1, -0.05) is 0 Å². The molecule has 4 heteroatoms. The van der Waals surface area contributed by atoms with Gasteiger partial charge in [-0.2, -0.15) is 0 Å². The zero-order chi connectivity index (χ0) is 15.3. The molecule has 1 heterocycles. The van der Waals surface area contributed by atoms with E-state index in [0.29, 0.717) is 16.9 Å². The lowest BCUT2D eigenvalue weighted by Crippen LogP contribution is -2.55. The molecule has 1 atom stereocenters. The van der Waals surface area contributed by atoms with Gasteiger partial charge < -0.3 is 5.32 Å². The molecule has 1 N–H and O–H groups in total. The molecule has 5 rings (SSSR count). The number of aromatic nitrogens is 2. The fourth-order valence-electron chi connectivity index (χ4n) is 5.71. The van der Waals surface area contributed by atoms with Gasteiger partial charge in [-0.05, 0) is 81.6 Å². The Kier molecular flexibility index (Phi) is 3.24. The maximum atomic E-state index is 12.5. The van der Waals surface area contributed by atoms with Crippen molar-refractivity contribution >= 4 is 5.91 Å². The van der Waals surface area contributed by atoms with Crippen molar-refractivity contribution in [2.45, 2.75) is 58.4 Å². The van der Waals surface area contributed by atoms with Gasteiger partial charge in [-0.25, -0.2) is 9.97 Å². The minimum atomic E-state index is -0.0475. The van der Waals surface area contributed by atoms with Gasteiger partial charge in [0.2, 0.25) is 0 Å². The summed E-state index contributed by atoms with van der Waals surface area (Å²) in [6.45, 7) is 4.03. The van der Waals surface area contributed by atoms with Crippen LogP contribution in [0.15, 0.2) is 12.3 Å². The van der Waals surface area contributed by atoms with Crippen molar-refractivity contribution in [2.24, 2.45) is 23.2 Å². The largest absolute Gasteiger partial charge is 0.348 e. The second kappa shape index (κ2) is 5.04. The predicted octanol–water partition coefficient (Wildman–Crippen LogP) is 3.12. The van der Waals surface area contributed by atoms with E-state index in [1.165, 1.54) is 38.5 Å². The average molecular weight is 299 g/mol. The Morgan fingerprint density at radius 1 is 1.23 bits per heavy atom. The van der Waals surface area contributed by atoms with Gasteiger partial charge in [-0.3, -0.25) is 4.79 Å². The highest BCUT2D eigenvalue weighted by Gasteiger charge is 2.53. The van der Waals surface area contributed by atoms with Crippen LogP contribution in [0.25, 0.3) is 0 Å². The molecule has 0 aromatic carbocycles. The van der Waals surface area contributed by atoms with Crippen molar-refractivity contribution in [1.29, 1.82) is 0 Å². The maximum Gasteiger partial charge on any atom is 0.270 e. The van der Waals surface area contributed by atoms with E-state index < -0.39 is 0 Å². The van der Waals surface area contributed by atoms with Crippen molar-refractivity contribution in [1.82, 2.24) is 15.3 Å². The fourth-order valence-corrected chi connectivity index (χ4v) is 5.71. The molecule has 0 spiro atoms. The van der Waals surface area contributed by atoms with Crippen LogP contribution in [0.3, 0.4) is 0 Å². The van der Waals surface area contributed by atoms with Crippen LogP contribution in [0, 0.1) is 30.1 Å². The van der Waals surface area contributed by atoms with Crippen molar-refractivity contribution < 1.29 is 4.79 Å². The topological polar surface area (TPSA) is 54.9 Å². The summed E-state index contributed by atoms with van der Waals surface area (Å²) in [6, 6.07) is 1.94. The summed E-state index contributed by atoms with van der Waals surface area (Å²) in [5.74, 6) is 3.33. The van der Waals surface area contributed by atoms with Crippen molar-refractivity contribution in [2.75, 3.05) is 0 Å². The first-order valence-corrected chi connectivity index (χ1v) is 8.64. The van der Waals surface area contributed by atoms with Crippen LogP contribution >= 0.6 is 0 Å². The van der Waals surface area contributed by atoms with Crippen LogP contribution in [-0.2, 0) is 0 Å². The number of nitrogens with one attached hydrogen (secondary N) is 1. The summed E-state index contributed by atoms with van der Waals surface area (Å²) in [7, 11) is 0. The van der Waals surface area contributed by atoms with E-state index in [1.807, 2.05) is 6.92 Å². The molecule has 1 aromatic rings. The zero-order valence-electron chi connectivity index (χ0n) is 13.5. The number of hydrogen-bond acceptors (Lipinski definition) is 3. The molecule has 4 bridgehead atoms. The Labute approximate surface area is 132 Å². The summed E-state index contributed by atoms with van der Waals surface area (Å²) in [5, 5.41) is 3.25. The zero-order valence-corrected chi connectivity index (χ0v) is 13.5. The number of rotatable bonds is 3. The predicted molar refractivity (Wildman–Crippen MR) is 84.3 cm³/mol. The second-order valence-corrected chi connectivity index (χ2v) is 7.96. The van der Waals surface area contributed by atoms with E-state index in [0.717, 1.165) is 17.8 Å². The molecule has 4 aliphatic carbocycles. The highest BCUT2D eigenvalue weighted by molar-refractivity contribution is 5.92. The van der Waals surface area contributed by atoms with E-state index in [-0.39, 0.29) is 11.9 Å². The standard InChI is InChI=1S/C18H25N3O/c1-11(20-17(22)16-3-4-19-12(2)21-16)18-8-13-5-14(9-18)7-15(6-13)10-18/h3-4,11,13-15H,5-10H2,1-2H3,(H,20,22)/t11-,13?,14?,15?,18?/m0/s1. The van der Waals surface area contributed by atoms with Crippen LogP contribution in [0.4, 0.5) is 0 Å². The van der Waals surface area contributed by atoms with Crippen LogP contribution in [0.5, 0.6) is 0 Å². The first kappa shape index (κ1) is 14.2.